The topological polar surface area (TPSA) is 193 Å². The van der Waals surface area contributed by atoms with Crippen LogP contribution in [0.25, 0.3) is 10.9 Å². The number of allylic oxidation sites excluding steroid dienone is 2. The van der Waals surface area contributed by atoms with E-state index < -0.39 is 73.6 Å². The van der Waals surface area contributed by atoms with Crippen LogP contribution in [0.2, 0.25) is 0 Å². The molecule has 302 valence electrons. The number of aromatic nitrogens is 1. The highest BCUT2D eigenvalue weighted by atomic mass is 32.2. The third-order valence-electron chi connectivity index (χ3n) is 12.3. The predicted molar refractivity (Wildman–Crippen MR) is 208 cm³/mol. The van der Waals surface area contributed by atoms with Crippen LogP contribution in [-0.4, -0.2) is 88.3 Å². The van der Waals surface area contributed by atoms with Crippen LogP contribution < -0.4 is 20.1 Å². The molecule has 1 aromatic heterocycles. The number of pyridine rings is 1. The summed E-state index contributed by atoms with van der Waals surface area (Å²) in [4.78, 5) is 62.5. The van der Waals surface area contributed by atoms with Crippen LogP contribution in [0.1, 0.15) is 91.0 Å². The summed E-state index contributed by atoms with van der Waals surface area (Å²) in [5, 5.41) is 17.7. The molecule has 1 aromatic carbocycles. The molecule has 7 atom stereocenters. The monoisotopic (exact) mass is 791 g/mol. The molecule has 4 N–H and O–H groups in total. The number of nitrogens with one attached hydrogen (secondary N) is 3. The molecule has 7 rings (SSSR count). The Morgan fingerprint density at radius 1 is 1.11 bits per heavy atom. The van der Waals surface area contributed by atoms with Crippen LogP contribution in [0, 0.1) is 17.3 Å². The van der Waals surface area contributed by atoms with Crippen molar-refractivity contribution in [3.8, 4) is 11.6 Å². The van der Waals surface area contributed by atoms with Crippen LogP contribution in [0.3, 0.4) is 0 Å². The number of sulfonamides is 1. The van der Waals surface area contributed by atoms with Crippen LogP contribution >= 0.6 is 0 Å². The minimum atomic E-state index is -4.01. The predicted octanol–water partition coefficient (Wildman–Crippen LogP) is 4.55. The molecule has 15 heteroatoms. The molecule has 3 aliphatic carbocycles. The SMILES string of the molecule is C=C[C@@H]1C[C@]1(NC(=O)[C@@H]1C[C@@H]2CN1C(=O)[C@H](C(C)(C)C)NC(=O)O[C@@H]1CCC[C@H]1CCC=CCc1c(nc3ccccc3c1O)O2)C(=O)NS(=O)(=O)C1(C)CC1. The van der Waals surface area contributed by atoms with Gasteiger partial charge in [-0.1, -0.05) is 51.1 Å². The maximum absolute atomic E-state index is 14.7. The molecule has 1 saturated heterocycles. The number of alkyl carbamates (subject to hydrolysis) is 1. The molecule has 2 aliphatic heterocycles. The molecule has 0 radical (unpaired) electrons. The van der Waals surface area contributed by atoms with E-state index in [1.165, 1.54) is 11.0 Å². The van der Waals surface area contributed by atoms with Crippen molar-refractivity contribution in [3.63, 3.8) is 0 Å². The third kappa shape index (κ3) is 7.58. The third-order valence-corrected chi connectivity index (χ3v) is 14.5. The first-order valence-corrected chi connectivity index (χ1v) is 21.2. The molecular weight excluding hydrogens is 739 g/mol. The summed E-state index contributed by atoms with van der Waals surface area (Å²) in [6, 6.07) is 4.84. The van der Waals surface area contributed by atoms with Crippen molar-refractivity contribution >= 4 is 44.7 Å². The Balaban J connectivity index is 1.24. The zero-order valence-electron chi connectivity index (χ0n) is 32.5. The van der Waals surface area contributed by atoms with E-state index in [1.54, 1.807) is 45.9 Å². The van der Waals surface area contributed by atoms with Crippen molar-refractivity contribution in [3.05, 3.63) is 54.6 Å². The van der Waals surface area contributed by atoms with Crippen molar-refractivity contribution in [1.29, 1.82) is 0 Å². The van der Waals surface area contributed by atoms with Gasteiger partial charge in [0, 0.05) is 17.7 Å². The summed E-state index contributed by atoms with van der Waals surface area (Å²) in [5.41, 5.74) is -1.45. The second-order valence-corrected chi connectivity index (χ2v) is 19.7. The molecular formula is C41H53N5O9S. The van der Waals surface area contributed by atoms with Gasteiger partial charge in [-0.15, -0.1) is 6.58 Å². The molecule has 56 heavy (non-hydrogen) atoms. The number of carbonyl (C=O) groups excluding carboxylic acids is 4. The highest BCUT2D eigenvalue weighted by Crippen LogP contribution is 2.47. The molecule has 2 bridgehead atoms. The van der Waals surface area contributed by atoms with Gasteiger partial charge >= 0.3 is 6.09 Å². The largest absolute Gasteiger partial charge is 0.507 e. The van der Waals surface area contributed by atoms with Crippen LogP contribution in [-0.2, 0) is 35.6 Å². The Morgan fingerprint density at radius 2 is 1.86 bits per heavy atom. The number of rotatable bonds is 6. The lowest BCUT2D eigenvalue weighted by Crippen LogP contribution is -2.60. The van der Waals surface area contributed by atoms with Gasteiger partial charge in [-0.25, -0.2) is 18.2 Å². The Kier molecular flexibility index (Phi) is 10.4. The maximum Gasteiger partial charge on any atom is 0.408 e. The summed E-state index contributed by atoms with van der Waals surface area (Å²) in [5.74, 6) is -2.32. The Morgan fingerprint density at radius 3 is 2.55 bits per heavy atom. The number of ether oxygens (including phenoxy) is 2. The van der Waals surface area contributed by atoms with E-state index in [1.807, 2.05) is 18.2 Å². The second kappa shape index (κ2) is 14.7. The first-order chi connectivity index (χ1) is 26.5. The quantitative estimate of drug-likeness (QED) is 0.302. The van der Waals surface area contributed by atoms with E-state index in [9.17, 15) is 32.7 Å². The van der Waals surface area contributed by atoms with Gasteiger partial charge in [0.25, 0.3) is 5.91 Å². The lowest BCUT2D eigenvalue weighted by molar-refractivity contribution is -0.143. The highest BCUT2D eigenvalue weighted by molar-refractivity contribution is 7.91. The highest BCUT2D eigenvalue weighted by Gasteiger charge is 2.63. The molecule has 0 spiro atoms. The lowest BCUT2D eigenvalue weighted by Gasteiger charge is -2.35. The molecule has 2 aromatic rings. The Labute approximate surface area is 327 Å². The average molecular weight is 792 g/mol. The van der Waals surface area contributed by atoms with Gasteiger partial charge in [0.15, 0.2) is 0 Å². The maximum atomic E-state index is 14.7. The Bertz CT molecular complexity index is 2080. The number of benzene rings is 1. The van der Waals surface area contributed by atoms with Gasteiger partial charge in [-0.3, -0.25) is 19.1 Å². The molecule has 5 aliphatic rings. The first kappa shape index (κ1) is 39.6. The fourth-order valence-corrected chi connectivity index (χ4v) is 9.68. The molecule has 3 saturated carbocycles. The van der Waals surface area contributed by atoms with Gasteiger partial charge in [-0.2, -0.15) is 0 Å². The number of hydrogen-bond acceptors (Lipinski definition) is 10. The lowest BCUT2D eigenvalue weighted by atomic mass is 9.85. The van der Waals surface area contributed by atoms with Gasteiger partial charge < -0.3 is 30.1 Å². The summed E-state index contributed by atoms with van der Waals surface area (Å²) in [6.07, 6.45) is 8.96. The van der Waals surface area contributed by atoms with E-state index in [4.69, 9.17) is 14.5 Å². The number of carbonyl (C=O) groups is 4. The second-order valence-electron chi connectivity index (χ2n) is 17.5. The van der Waals surface area contributed by atoms with E-state index in [2.05, 4.69) is 21.9 Å². The zero-order chi connectivity index (χ0) is 40.2. The van der Waals surface area contributed by atoms with Crippen molar-refractivity contribution in [2.75, 3.05) is 6.54 Å². The number of aromatic hydroxyl groups is 1. The summed E-state index contributed by atoms with van der Waals surface area (Å²) in [6.45, 7) is 10.7. The number of nitrogens with zero attached hydrogens (tertiary/aromatic N) is 2. The fraction of sp³-hybridized carbons (Fsp3) is 0.585. The van der Waals surface area contributed by atoms with Gasteiger partial charge in [0.1, 0.15) is 35.6 Å². The van der Waals surface area contributed by atoms with E-state index in [-0.39, 0.29) is 43.0 Å². The number of fused-ring (bicyclic) bond motifs is 5. The van der Waals surface area contributed by atoms with E-state index >= 15 is 0 Å². The van der Waals surface area contributed by atoms with Crippen molar-refractivity contribution < 1.29 is 42.2 Å². The molecule has 4 amide bonds. The first-order valence-electron chi connectivity index (χ1n) is 19.7. The normalized spacial score (nSPS) is 30.4. The molecule has 14 nitrogen and oxygen atoms in total. The molecule has 0 unspecified atom stereocenters. The van der Waals surface area contributed by atoms with Gasteiger partial charge in [0.05, 0.1) is 22.4 Å². The number of para-hydroxylation sites is 1. The van der Waals surface area contributed by atoms with Crippen LogP contribution in [0.5, 0.6) is 11.6 Å². The van der Waals surface area contributed by atoms with E-state index in [0.717, 1.165) is 25.7 Å². The zero-order valence-corrected chi connectivity index (χ0v) is 33.3. The minimum Gasteiger partial charge on any atom is -0.507 e. The number of hydrogen-bond donors (Lipinski definition) is 4. The van der Waals surface area contributed by atoms with Gasteiger partial charge in [-0.05, 0) is 88.2 Å². The number of amides is 4. The summed E-state index contributed by atoms with van der Waals surface area (Å²) < 4.78 is 39.8. The Hall–Kier alpha value is -4.66. The van der Waals surface area contributed by atoms with Crippen molar-refractivity contribution in [1.82, 2.24) is 25.2 Å². The van der Waals surface area contributed by atoms with Crippen molar-refractivity contribution in [2.45, 2.75) is 126 Å². The fourth-order valence-electron chi connectivity index (χ4n) is 8.37. The summed E-state index contributed by atoms with van der Waals surface area (Å²) in [7, 11) is -4.01. The summed E-state index contributed by atoms with van der Waals surface area (Å²) >= 11 is 0. The average Bonchev–Trinajstić information content (AvgIpc) is 3.95. The van der Waals surface area contributed by atoms with Gasteiger partial charge in [0.2, 0.25) is 27.7 Å². The molecule has 4 fully saturated rings. The van der Waals surface area contributed by atoms with Crippen molar-refractivity contribution in [2.24, 2.45) is 17.3 Å². The standard InChI is InChI=1S/C41H53N5O9S/c1-6-25-22-41(25,37(50)45-56(52,53)40(5)19-20-40)44-34(48)30-21-26-23-46(30)36(49)33(39(2,3)4)43-38(51)55-31-18-12-14-24(31)13-8-7-9-16-28-32(47)27-15-10-11-17-29(27)42-35(28)54-26/h6-7,9-11,15,17,24-26,30-31,33H,1,8,12-14,16,18-23H2,2-5H3,(H,42,47)(H,43,51)(H,44,48)(H,45,50)/t24-,25-,26-,30+,31-,33-,41-/m1/s1. The minimum absolute atomic E-state index is 0.0248. The van der Waals surface area contributed by atoms with Crippen LogP contribution in [0.15, 0.2) is 49.1 Å². The van der Waals surface area contributed by atoms with E-state index in [0.29, 0.717) is 42.1 Å². The van der Waals surface area contributed by atoms with Crippen LogP contribution in [0.4, 0.5) is 4.79 Å². The smallest absolute Gasteiger partial charge is 0.408 e. The molecule has 3 heterocycles.